The Morgan fingerprint density at radius 2 is 1.85 bits per heavy atom. The summed E-state index contributed by atoms with van der Waals surface area (Å²) in [5.41, 5.74) is 1.81. The van der Waals surface area contributed by atoms with Crippen molar-refractivity contribution in [1.29, 1.82) is 0 Å². The van der Waals surface area contributed by atoms with Crippen LogP contribution in [0.1, 0.15) is 29.3 Å². The summed E-state index contributed by atoms with van der Waals surface area (Å²) in [7, 11) is 0. The van der Waals surface area contributed by atoms with E-state index in [1.54, 1.807) is 19.1 Å². The quantitative estimate of drug-likeness (QED) is 0.327. The van der Waals surface area contributed by atoms with Crippen LogP contribution >= 0.6 is 27.5 Å². The molecule has 1 N–H and O–H groups in total. The Morgan fingerprint density at radius 1 is 1.15 bits per heavy atom. The molecule has 3 atom stereocenters. The maximum atomic E-state index is 12.9. The van der Waals surface area contributed by atoms with Gasteiger partial charge in [-0.3, -0.25) is 19.3 Å². The van der Waals surface area contributed by atoms with E-state index >= 15 is 0 Å². The predicted molar refractivity (Wildman–Crippen MR) is 132 cm³/mol. The van der Waals surface area contributed by atoms with Crippen molar-refractivity contribution in [3.05, 3.63) is 69.2 Å². The average Bonchev–Trinajstić information content (AvgIpc) is 3.09. The first-order chi connectivity index (χ1) is 16.2. The zero-order chi connectivity index (χ0) is 24.6. The number of hydrogen-bond donors (Lipinski definition) is 1. The van der Waals surface area contributed by atoms with Crippen LogP contribution in [0.3, 0.4) is 0 Å². The minimum atomic E-state index is -0.696. The van der Waals surface area contributed by atoms with Crippen LogP contribution in [0.25, 0.3) is 0 Å². The van der Waals surface area contributed by atoms with Crippen LogP contribution < -0.4 is 10.2 Å². The van der Waals surface area contributed by atoms with Crippen LogP contribution in [0.4, 0.5) is 11.4 Å². The number of esters is 1. The van der Waals surface area contributed by atoms with Gasteiger partial charge in [-0.15, -0.1) is 0 Å². The molecule has 0 spiro atoms. The van der Waals surface area contributed by atoms with E-state index in [4.69, 9.17) is 16.3 Å². The van der Waals surface area contributed by atoms with Crippen LogP contribution in [0, 0.1) is 24.7 Å². The van der Waals surface area contributed by atoms with Gasteiger partial charge in [-0.05, 0) is 77.2 Å². The van der Waals surface area contributed by atoms with Gasteiger partial charge in [0.05, 0.1) is 28.1 Å². The Balaban J connectivity index is 1.37. The molecule has 1 fully saturated rings. The van der Waals surface area contributed by atoms with E-state index in [0.717, 1.165) is 0 Å². The highest BCUT2D eigenvalue weighted by Crippen LogP contribution is 2.40. The highest BCUT2D eigenvalue weighted by Gasteiger charge is 2.50. The van der Waals surface area contributed by atoms with Crippen molar-refractivity contribution in [2.45, 2.75) is 20.3 Å². The minimum absolute atomic E-state index is 0.00202. The van der Waals surface area contributed by atoms with Crippen molar-refractivity contribution in [1.82, 2.24) is 0 Å². The molecule has 0 radical (unpaired) electrons. The van der Waals surface area contributed by atoms with Gasteiger partial charge in [-0.2, -0.15) is 0 Å². The largest absolute Gasteiger partial charge is 0.452 e. The van der Waals surface area contributed by atoms with Crippen molar-refractivity contribution in [2.24, 2.45) is 17.8 Å². The minimum Gasteiger partial charge on any atom is -0.452 e. The summed E-state index contributed by atoms with van der Waals surface area (Å²) < 4.78 is 5.82. The number of fused-ring (bicyclic) bond motifs is 1. The number of nitrogens with one attached hydrogen (secondary N) is 1. The standard InChI is InChI=1S/C25H22BrClN2O5/c1-13-4-3-5-17-21(13)24(32)29(23(17)31)16-8-6-15(7-9-16)25(33)34-12-20(30)28-19-11-10-18(26)22(27)14(19)2/h3-4,6-11,13,17,21H,5,12H2,1-2H3,(H,28,30)/t13-,17-,21-/m1/s1. The number of carbonyl (C=O) groups excluding carboxylic acids is 4. The Bertz CT molecular complexity index is 1210. The van der Waals surface area contributed by atoms with Crippen LogP contribution in [0.2, 0.25) is 5.02 Å². The van der Waals surface area contributed by atoms with E-state index in [9.17, 15) is 19.2 Å². The molecular weight excluding hydrogens is 524 g/mol. The van der Waals surface area contributed by atoms with Crippen LogP contribution in [0.15, 0.2) is 53.0 Å². The van der Waals surface area contributed by atoms with Crippen molar-refractivity contribution in [3.8, 4) is 0 Å². The van der Waals surface area contributed by atoms with Crippen molar-refractivity contribution < 1.29 is 23.9 Å². The third-order valence-electron chi connectivity index (χ3n) is 6.18. The SMILES string of the molecule is Cc1c(NC(=O)COC(=O)c2ccc(N3C(=O)[C@@H]4[C@H](C)C=CC[C@H]4C3=O)cc2)ccc(Br)c1Cl. The van der Waals surface area contributed by atoms with Gasteiger partial charge >= 0.3 is 5.97 Å². The van der Waals surface area contributed by atoms with E-state index in [1.807, 2.05) is 19.1 Å². The molecule has 0 saturated carbocycles. The second-order valence-corrected chi connectivity index (χ2v) is 9.60. The number of carbonyl (C=O) groups is 4. The number of anilines is 2. The maximum absolute atomic E-state index is 12.9. The van der Waals surface area contributed by atoms with Crippen molar-refractivity contribution in [2.75, 3.05) is 16.8 Å². The maximum Gasteiger partial charge on any atom is 0.338 e. The normalized spacial score (nSPS) is 21.4. The number of amides is 3. The lowest BCUT2D eigenvalue weighted by Crippen LogP contribution is -2.31. The summed E-state index contributed by atoms with van der Waals surface area (Å²) in [5, 5.41) is 3.14. The number of allylic oxidation sites excluding steroid dienone is 2. The van der Waals surface area contributed by atoms with E-state index in [0.29, 0.717) is 32.9 Å². The zero-order valence-electron chi connectivity index (χ0n) is 18.5. The fourth-order valence-electron chi connectivity index (χ4n) is 4.34. The second kappa shape index (κ2) is 9.72. The molecule has 3 amide bonds. The molecule has 0 bridgehead atoms. The van der Waals surface area contributed by atoms with Gasteiger partial charge in [0.1, 0.15) is 0 Å². The number of nitrogens with zero attached hydrogens (tertiary/aromatic N) is 1. The molecule has 7 nitrogen and oxygen atoms in total. The summed E-state index contributed by atoms with van der Waals surface area (Å²) in [5.74, 6) is -2.35. The fourth-order valence-corrected chi connectivity index (χ4v) is 4.93. The summed E-state index contributed by atoms with van der Waals surface area (Å²) in [6.07, 6.45) is 4.47. The molecule has 2 aromatic carbocycles. The summed E-state index contributed by atoms with van der Waals surface area (Å²) in [6.45, 7) is 3.22. The molecule has 1 aliphatic carbocycles. The van der Waals surface area contributed by atoms with Gasteiger partial charge in [0, 0.05) is 10.2 Å². The molecular formula is C25H22BrClN2O5. The summed E-state index contributed by atoms with van der Waals surface area (Å²) in [6, 6.07) is 9.42. The molecule has 2 aromatic rings. The van der Waals surface area contributed by atoms with Gasteiger partial charge in [0.15, 0.2) is 6.61 Å². The number of ether oxygens (including phenoxy) is 1. The molecule has 2 aliphatic rings. The Morgan fingerprint density at radius 3 is 2.53 bits per heavy atom. The van der Waals surface area contributed by atoms with E-state index in [1.165, 1.54) is 29.2 Å². The van der Waals surface area contributed by atoms with Gasteiger partial charge in [0.25, 0.3) is 5.91 Å². The second-order valence-electron chi connectivity index (χ2n) is 8.37. The highest BCUT2D eigenvalue weighted by molar-refractivity contribution is 9.10. The molecule has 34 heavy (non-hydrogen) atoms. The third kappa shape index (κ3) is 4.52. The van der Waals surface area contributed by atoms with Gasteiger partial charge in [-0.25, -0.2) is 4.79 Å². The lowest BCUT2D eigenvalue weighted by molar-refractivity contribution is -0.123. The smallest absolute Gasteiger partial charge is 0.338 e. The monoisotopic (exact) mass is 544 g/mol. The summed E-state index contributed by atoms with van der Waals surface area (Å²) in [4.78, 5) is 51.5. The molecule has 0 aromatic heterocycles. The fraction of sp³-hybridized carbons (Fsp3) is 0.280. The molecule has 1 heterocycles. The molecule has 9 heteroatoms. The van der Waals surface area contributed by atoms with Crippen LogP contribution in [0.5, 0.6) is 0 Å². The zero-order valence-corrected chi connectivity index (χ0v) is 20.9. The Hall–Kier alpha value is -2.97. The van der Waals surface area contributed by atoms with E-state index in [-0.39, 0.29) is 35.1 Å². The highest BCUT2D eigenvalue weighted by atomic mass is 79.9. The van der Waals surface area contributed by atoms with Gasteiger partial charge in [0.2, 0.25) is 11.8 Å². The molecule has 176 valence electrons. The predicted octanol–water partition coefficient (Wildman–Crippen LogP) is 4.91. The number of halogens is 2. The number of rotatable bonds is 5. The van der Waals surface area contributed by atoms with Gasteiger partial charge in [-0.1, -0.05) is 30.7 Å². The summed E-state index contributed by atoms with van der Waals surface area (Å²) >= 11 is 9.48. The molecule has 1 saturated heterocycles. The van der Waals surface area contributed by atoms with Gasteiger partial charge < -0.3 is 10.1 Å². The third-order valence-corrected chi connectivity index (χ3v) is 7.56. The molecule has 1 aliphatic heterocycles. The number of imide groups is 1. The topological polar surface area (TPSA) is 92.8 Å². The van der Waals surface area contributed by atoms with Crippen LogP contribution in [-0.2, 0) is 19.1 Å². The Kier molecular flexibility index (Phi) is 6.91. The first kappa shape index (κ1) is 24.2. The number of hydrogen-bond acceptors (Lipinski definition) is 5. The van der Waals surface area contributed by atoms with E-state index in [2.05, 4.69) is 21.2 Å². The lowest BCUT2D eigenvalue weighted by atomic mass is 9.78. The van der Waals surface area contributed by atoms with Crippen molar-refractivity contribution >= 4 is 62.6 Å². The van der Waals surface area contributed by atoms with Crippen LogP contribution in [-0.4, -0.2) is 30.3 Å². The average molecular weight is 546 g/mol. The molecule has 4 rings (SSSR count). The van der Waals surface area contributed by atoms with Crippen molar-refractivity contribution in [3.63, 3.8) is 0 Å². The molecule has 0 unspecified atom stereocenters. The first-order valence-electron chi connectivity index (χ1n) is 10.7. The first-order valence-corrected chi connectivity index (χ1v) is 11.9. The number of benzene rings is 2. The lowest BCUT2D eigenvalue weighted by Gasteiger charge is -2.22. The van der Waals surface area contributed by atoms with E-state index < -0.39 is 18.5 Å². The Labute approximate surface area is 210 Å².